The molecule has 43 heavy (non-hydrogen) atoms. The maximum absolute atomic E-state index is 14.0. The highest BCUT2D eigenvalue weighted by molar-refractivity contribution is 6.00. The van der Waals surface area contributed by atoms with Crippen molar-refractivity contribution in [2.75, 3.05) is 20.3 Å². The SMILES string of the molecule is COCCNC(=O)c1ccc2nn(CC3CCCCC(C(=O)C4=CC=C(C5=CC(F)=CC(C)C5)CC4)CCC3)cc2c1C. The number of amides is 1. The Hall–Kier alpha value is -3.32. The summed E-state index contributed by atoms with van der Waals surface area (Å²) < 4.78 is 21.0. The summed E-state index contributed by atoms with van der Waals surface area (Å²) in [4.78, 5) is 26.2. The minimum atomic E-state index is -0.145. The molecular weight excluding hydrogens is 541 g/mol. The highest BCUT2D eigenvalue weighted by Gasteiger charge is 2.26. The van der Waals surface area contributed by atoms with E-state index in [1.54, 1.807) is 19.3 Å². The number of ether oxygens (including phenoxy) is 1. The van der Waals surface area contributed by atoms with E-state index in [0.717, 1.165) is 98.4 Å². The van der Waals surface area contributed by atoms with Gasteiger partial charge in [0.1, 0.15) is 5.83 Å². The third-order valence-electron chi connectivity index (χ3n) is 9.41. The van der Waals surface area contributed by atoms with Crippen molar-refractivity contribution in [3.63, 3.8) is 0 Å². The van der Waals surface area contributed by atoms with Gasteiger partial charge in [-0.2, -0.15) is 5.10 Å². The second-order valence-corrected chi connectivity index (χ2v) is 12.7. The van der Waals surface area contributed by atoms with Crippen molar-refractivity contribution < 1.29 is 18.7 Å². The molecule has 3 unspecified atom stereocenters. The summed E-state index contributed by atoms with van der Waals surface area (Å²) >= 11 is 0. The van der Waals surface area contributed by atoms with Crippen LogP contribution >= 0.6 is 0 Å². The zero-order valence-electron chi connectivity index (χ0n) is 26.0. The van der Waals surface area contributed by atoms with Gasteiger partial charge in [0.15, 0.2) is 5.78 Å². The van der Waals surface area contributed by atoms with Gasteiger partial charge in [0.2, 0.25) is 0 Å². The number of hydrogen-bond acceptors (Lipinski definition) is 4. The Labute approximate surface area is 255 Å². The smallest absolute Gasteiger partial charge is 0.251 e. The van der Waals surface area contributed by atoms with E-state index in [9.17, 15) is 14.0 Å². The molecule has 1 heterocycles. The summed E-state index contributed by atoms with van der Waals surface area (Å²) in [7, 11) is 1.62. The molecular formula is C36H46FN3O3. The van der Waals surface area contributed by atoms with Crippen molar-refractivity contribution in [1.82, 2.24) is 15.1 Å². The number of nitrogens with one attached hydrogen (secondary N) is 1. The fourth-order valence-corrected chi connectivity index (χ4v) is 7.00. The summed E-state index contributed by atoms with van der Waals surface area (Å²) in [5, 5.41) is 8.77. The van der Waals surface area contributed by atoms with Gasteiger partial charge in [-0.1, -0.05) is 38.3 Å². The average Bonchev–Trinajstić information content (AvgIpc) is 3.45. The molecule has 3 atom stereocenters. The molecule has 1 amide bonds. The van der Waals surface area contributed by atoms with Crippen LogP contribution in [0.3, 0.4) is 0 Å². The lowest BCUT2D eigenvalue weighted by molar-refractivity contribution is -0.119. The zero-order chi connectivity index (χ0) is 30.3. The number of aromatic nitrogens is 2. The Bertz CT molecular complexity index is 1460. The van der Waals surface area contributed by atoms with Crippen LogP contribution in [0.25, 0.3) is 10.9 Å². The van der Waals surface area contributed by atoms with Gasteiger partial charge in [-0.05, 0) is 110 Å². The molecule has 1 aromatic heterocycles. The Morgan fingerprint density at radius 2 is 1.86 bits per heavy atom. The Kier molecular flexibility index (Phi) is 10.4. The van der Waals surface area contributed by atoms with Crippen LogP contribution in [0.4, 0.5) is 4.39 Å². The van der Waals surface area contributed by atoms with Gasteiger partial charge in [-0.15, -0.1) is 0 Å². The monoisotopic (exact) mass is 587 g/mol. The normalized spacial score (nSPS) is 23.3. The first-order valence-corrected chi connectivity index (χ1v) is 16.1. The number of ketones is 1. The maximum atomic E-state index is 14.0. The van der Waals surface area contributed by atoms with E-state index < -0.39 is 0 Å². The number of carbonyl (C=O) groups is 2. The van der Waals surface area contributed by atoms with Gasteiger partial charge in [-0.25, -0.2) is 4.39 Å². The van der Waals surface area contributed by atoms with Crippen LogP contribution in [0.5, 0.6) is 0 Å². The number of Topliss-reactive ketones (excluding diaryl/α,β-unsaturated/α-hetero) is 1. The number of carbonyl (C=O) groups excluding carboxylic acids is 2. The third-order valence-corrected chi connectivity index (χ3v) is 9.41. The molecule has 1 saturated carbocycles. The number of allylic oxidation sites excluding steroid dienone is 8. The second kappa shape index (κ2) is 14.4. The topological polar surface area (TPSA) is 73.2 Å². The summed E-state index contributed by atoms with van der Waals surface area (Å²) in [5.41, 5.74) is 5.72. The molecule has 1 aromatic carbocycles. The van der Waals surface area contributed by atoms with Gasteiger partial charge >= 0.3 is 0 Å². The first kappa shape index (κ1) is 31.1. The molecule has 2 aromatic rings. The minimum absolute atomic E-state index is 0.0888. The molecule has 0 saturated heterocycles. The molecule has 3 aliphatic rings. The van der Waals surface area contributed by atoms with Crippen LogP contribution in [0.1, 0.15) is 87.1 Å². The number of methoxy groups -OCH3 is 1. The maximum Gasteiger partial charge on any atom is 0.251 e. The Morgan fingerprint density at radius 3 is 2.63 bits per heavy atom. The third kappa shape index (κ3) is 7.80. The minimum Gasteiger partial charge on any atom is -0.383 e. The summed E-state index contributed by atoms with van der Waals surface area (Å²) in [6.07, 6.45) is 19.3. The molecule has 230 valence electrons. The number of rotatable bonds is 9. The zero-order valence-corrected chi connectivity index (χ0v) is 26.0. The number of benzene rings is 1. The lowest BCUT2D eigenvalue weighted by atomic mass is 9.82. The van der Waals surface area contributed by atoms with Crippen LogP contribution in [-0.2, 0) is 16.1 Å². The van der Waals surface area contributed by atoms with Crippen LogP contribution in [0.15, 0.2) is 65.2 Å². The highest BCUT2D eigenvalue weighted by atomic mass is 19.1. The molecule has 1 fully saturated rings. The van der Waals surface area contributed by atoms with Crippen LogP contribution < -0.4 is 5.32 Å². The van der Waals surface area contributed by atoms with E-state index in [4.69, 9.17) is 9.84 Å². The molecule has 0 radical (unpaired) electrons. The number of halogens is 1. The van der Waals surface area contributed by atoms with Gasteiger partial charge in [0.25, 0.3) is 5.91 Å². The van der Waals surface area contributed by atoms with E-state index in [-0.39, 0.29) is 23.6 Å². The van der Waals surface area contributed by atoms with E-state index in [1.807, 2.05) is 32.1 Å². The Balaban J connectivity index is 1.18. The van der Waals surface area contributed by atoms with E-state index in [0.29, 0.717) is 30.4 Å². The fraction of sp³-hybridized carbons (Fsp3) is 0.528. The predicted octanol–water partition coefficient (Wildman–Crippen LogP) is 7.73. The number of nitrogens with zero attached hydrogens (tertiary/aromatic N) is 2. The molecule has 0 bridgehead atoms. The number of fused-ring (bicyclic) bond motifs is 1. The van der Waals surface area contributed by atoms with Gasteiger partial charge < -0.3 is 10.1 Å². The van der Waals surface area contributed by atoms with Crippen LogP contribution in [0.2, 0.25) is 0 Å². The van der Waals surface area contributed by atoms with Crippen molar-refractivity contribution in [3.8, 4) is 0 Å². The van der Waals surface area contributed by atoms with Crippen LogP contribution in [0, 0.1) is 24.7 Å². The predicted molar refractivity (Wildman–Crippen MR) is 169 cm³/mol. The molecule has 6 nitrogen and oxygen atoms in total. The van der Waals surface area contributed by atoms with Crippen LogP contribution in [-0.4, -0.2) is 41.7 Å². The average molecular weight is 588 g/mol. The molecule has 1 N–H and O–H groups in total. The summed E-state index contributed by atoms with van der Waals surface area (Å²) in [5.74, 6) is 0.908. The lowest BCUT2D eigenvalue weighted by Crippen LogP contribution is -2.27. The second-order valence-electron chi connectivity index (χ2n) is 12.7. The number of hydrogen-bond donors (Lipinski definition) is 1. The number of aryl methyl sites for hydroxylation is 1. The highest BCUT2D eigenvalue weighted by Crippen LogP contribution is 2.35. The van der Waals surface area contributed by atoms with Crippen molar-refractivity contribution >= 4 is 22.6 Å². The van der Waals surface area contributed by atoms with Gasteiger partial charge in [0, 0.05) is 43.3 Å². The van der Waals surface area contributed by atoms with E-state index in [2.05, 4.69) is 22.3 Å². The lowest BCUT2D eigenvalue weighted by Gasteiger charge is -2.23. The van der Waals surface area contributed by atoms with Crippen molar-refractivity contribution in [2.24, 2.45) is 17.8 Å². The molecule has 5 rings (SSSR count). The van der Waals surface area contributed by atoms with E-state index >= 15 is 0 Å². The Morgan fingerprint density at radius 1 is 1.07 bits per heavy atom. The summed E-state index contributed by atoms with van der Waals surface area (Å²) in [6.45, 7) is 5.85. The first-order chi connectivity index (χ1) is 20.8. The van der Waals surface area contributed by atoms with Crippen molar-refractivity contribution in [2.45, 2.75) is 84.6 Å². The quantitative estimate of drug-likeness (QED) is 0.305. The molecule has 0 spiro atoms. The van der Waals surface area contributed by atoms with Crippen molar-refractivity contribution in [3.05, 3.63) is 76.3 Å². The first-order valence-electron chi connectivity index (χ1n) is 16.1. The van der Waals surface area contributed by atoms with E-state index in [1.165, 1.54) is 5.57 Å². The fourth-order valence-electron chi connectivity index (χ4n) is 7.00. The van der Waals surface area contributed by atoms with Crippen molar-refractivity contribution in [1.29, 1.82) is 0 Å². The van der Waals surface area contributed by atoms with Gasteiger partial charge in [-0.3, -0.25) is 14.3 Å². The molecule has 7 heteroatoms. The summed E-state index contributed by atoms with van der Waals surface area (Å²) in [6, 6.07) is 3.79. The standard InChI is InChI=1S/C36H46FN3O3/c1-24-19-30(21-31(37)20-24)27-11-13-29(14-12-27)35(41)28-9-5-4-7-26(8-6-10-28)22-40-23-33-25(2)32(15-16-34(33)39-40)36(42)38-17-18-43-3/h11,13,15-16,20-21,23-24,26,28H,4-10,12,14,17-19,22H2,1-3H3,(H,38,42). The molecule has 0 aliphatic heterocycles. The molecule has 3 aliphatic carbocycles. The largest absolute Gasteiger partial charge is 0.383 e. The van der Waals surface area contributed by atoms with Gasteiger partial charge in [0.05, 0.1) is 12.1 Å².